The number of thioether (sulfide) groups is 1. The quantitative estimate of drug-likeness (QED) is 0.826. The molecule has 4 nitrogen and oxygen atoms in total. The van der Waals surface area contributed by atoms with Crippen molar-refractivity contribution in [3.63, 3.8) is 0 Å². The van der Waals surface area contributed by atoms with Gasteiger partial charge in [0.1, 0.15) is 5.37 Å². The normalized spacial score (nSPS) is 27.1. The lowest BCUT2D eigenvalue weighted by Gasteiger charge is -2.40. The lowest BCUT2D eigenvalue weighted by atomic mass is 9.92. The second-order valence-corrected chi connectivity index (χ2v) is 8.69. The average Bonchev–Trinajstić information content (AvgIpc) is 2.15. The molecule has 0 aromatic carbocycles. The Morgan fingerprint density at radius 1 is 1.53 bits per heavy atom. The second-order valence-electron chi connectivity index (χ2n) is 5.34. The van der Waals surface area contributed by atoms with Gasteiger partial charge in [-0.3, -0.25) is 4.90 Å². The summed E-state index contributed by atoms with van der Waals surface area (Å²) in [5.41, 5.74) is -0.842. The van der Waals surface area contributed by atoms with Gasteiger partial charge >= 0.3 is 0 Å². The van der Waals surface area contributed by atoms with Crippen LogP contribution in [0.5, 0.6) is 0 Å². The van der Waals surface area contributed by atoms with Crippen molar-refractivity contribution in [2.45, 2.75) is 31.7 Å². The summed E-state index contributed by atoms with van der Waals surface area (Å²) in [6.45, 7) is 6.83. The Balaban J connectivity index is 2.80. The van der Waals surface area contributed by atoms with Crippen LogP contribution in [0.4, 0.5) is 0 Å². The van der Waals surface area contributed by atoms with E-state index >= 15 is 0 Å². The summed E-state index contributed by atoms with van der Waals surface area (Å²) in [6.07, 6.45) is 1.28. The first-order valence-electron chi connectivity index (χ1n) is 5.87. The molecule has 2 atom stereocenters. The molecule has 1 saturated heterocycles. The summed E-state index contributed by atoms with van der Waals surface area (Å²) in [7, 11) is -3.08. The Morgan fingerprint density at radius 3 is 2.59 bits per heavy atom. The summed E-state index contributed by atoms with van der Waals surface area (Å²) in [5, 5.41) is 9.83. The van der Waals surface area contributed by atoms with E-state index in [1.807, 2.05) is 18.7 Å². The first-order valence-corrected chi connectivity index (χ1v) is 8.98. The summed E-state index contributed by atoms with van der Waals surface area (Å²) >= 11 is 1.67. The standard InChI is InChI=1S/C11H23NO3S2/c1-9(2)11(3,13)8-12-5-6-16-7-10(12)17(4,14)15/h9-10,13H,5-8H2,1-4H3. The first kappa shape index (κ1) is 15.3. The first-order chi connectivity index (χ1) is 7.64. The van der Waals surface area contributed by atoms with Gasteiger partial charge in [-0.05, 0) is 12.8 Å². The van der Waals surface area contributed by atoms with Crippen LogP contribution >= 0.6 is 11.8 Å². The fraction of sp³-hybridized carbons (Fsp3) is 1.00. The van der Waals surface area contributed by atoms with Gasteiger partial charge in [-0.1, -0.05) is 13.8 Å². The van der Waals surface area contributed by atoms with Crippen LogP contribution in [0.15, 0.2) is 0 Å². The summed E-state index contributed by atoms with van der Waals surface area (Å²) in [5.74, 6) is 1.64. The maximum absolute atomic E-state index is 11.7. The minimum absolute atomic E-state index is 0.109. The minimum atomic E-state index is -3.08. The fourth-order valence-corrected chi connectivity index (χ4v) is 4.73. The van der Waals surface area contributed by atoms with Crippen LogP contribution < -0.4 is 0 Å². The number of hydrogen-bond donors (Lipinski definition) is 1. The van der Waals surface area contributed by atoms with E-state index in [2.05, 4.69) is 0 Å². The molecule has 2 unspecified atom stereocenters. The molecule has 1 aliphatic rings. The molecule has 6 heteroatoms. The Bertz CT molecular complexity index is 352. The van der Waals surface area contributed by atoms with E-state index in [0.717, 1.165) is 12.3 Å². The molecule has 0 aromatic heterocycles. The third-order valence-electron chi connectivity index (χ3n) is 3.45. The molecule has 1 rings (SSSR count). The van der Waals surface area contributed by atoms with Gasteiger partial charge in [0.2, 0.25) is 0 Å². The second kappa shape index (κ2) is 5.47. The number of hydrogen-bond acceptors (Lipinski definition) is 5. The molecule has 1 fully saturated rings. The highest BCUT2D eigenvalue weighted by molar-refractivity contribution is 8.00. The van der Waals surface area contributed by atoms with Gasteiger partial charge in [-0.25, -0.2) is 8.42 Å². The lowest BCUT2D eigenvalue weighted by molar-refractivity contribution is -0.0197. The molecule has 1 aliphatic heterocycles. The summed E-state index contributed by atoms with van der Waals surface area (Å²) < 4.78 is 23.4. The van der Waals surface area contributed by atoms with E-state index in [1.165, 1.54) is 6.26 Å². The fourth-order valence-electron chi connectivity index (χ4n) is 1.78. The Morgan fingerprint density at radius 2 is 2.12 bits per heavy atom. The van der Waals surface area contributed by atoms with Crippen molar-refractivity contribution in [2.75, 3.05) is 30.9 Å². The number of rotatable bonds is 4. The van der Waals surface area contributed by atoms with Crippen LogP contribution in [-0.2, 0) is 9.84 Å². The van der Waals surface area contributed by atoms with Gasteiger partial charge in [0.25, 0.3) is 0 Å². The van der Waals surface area contributed by atoms with Crippen molar-refractivity contribution in [3.8, 4) is 0 Å². The largest absolute Gasteiger partial charge is 0.389 e. The zero-order chi connectivity index (χ0) is 13.3. The van der Waals surface area contributed by atoms with E-state index < -0.39 is 20.8 Å². The van der Waals surface area contributed by atoms with E-state index in [0.29, 0.717) is 12.3 Å². The molecule has 1 N–H and O–H groups in total. The van der Waals surface area contributed by atoms with Crippen molar-refractivity contribution < 1.29 is 13.5 Å². The number of β-amino-alcohol motifs (C(OH)–C–C–N with tert-alkyl or cyclic N) is 1. The lowest BCUT2D eigenvalue weighted by Crippen LogP contribution is -2.54. The number of sulfone groups is 1. The molecule has 0 radical (unpaired) electrons. The molecule has 0 aromatic rings. The summed E-state index contributed by atoms with van der Waals surface area (Å²) in [6, 6.07) is 0. The monoisotopic (exact) mass is 281 g/mol. The van der Waals surface area contributed by atoms with Crippen molar-refractivity contribution in [2.24, 2.45) is 5.92 Å². The highest BCUT2D eigenvalue weighted by Gasteiger charge is 2.36. The van der Waals surface area contributed by atoms with Gasteiger partial charge in [-0.2, -0.15) is 11.8 Å². The van der Waals surface area contributed by atoms with Crippen molar-refractivity contribution in [3.05, 3.63) is 0 Å². The summed E-state index contributed by atoms with van der Waals surface area (Å²) in [4.78, 5) is 1.91. The third-order valence-corrected chi connectivity index (χ3v) is 6.14. The SMILES string of the molecule is CC(C)C(C)(O)CN1CCSCC1S(C)(=O)=O. The Labute approximate surface area is 109 Å². The van der Waals surface area contributed by atoms with Gasteiger partial charge < -0.3 is 5.11 Å². The maximum atomic E-state index is 11.7. The molecule has 1 heterocycles. The van der Waals surface area contributed by atoms with Crippen LogP contribution in [0, 0.1) is 5.92 Å². The van der Waals surface area contributed by atoms with E-state index in [9.17, 15) is 13.5 Å². The molecule has 0 amide bonds. The Hall–Kier alpha value is 0.220. The van der Waals surface area contributed by atoms with Crippen LogP contribution in [0.3, 0.4) is 0 Å². The van der Waals surface area contributed by atoms with Crippen LogP contribution in [-0.4, -0.2) is 60.3 Å². The molecule has 0 bridgehead atoms. The molecule has 17 heavy (non-hydrogen) atoms. The molecular weight excluding hydrogens is 258 g/mol. The van der Waals surface area contributed by atoms with Gasteiger partial charge in [0, 0.05) is 30.9 Å². The Kier molecular flexibility index (Phi) is 4.91. The number of nitrogens with zero attached hydrogens (tertiary/aromatic N) is 1. The predicted molar refractivity (Wildman–Crippen MR) is 73.0 cm³/mol. The zero-order valence-electron chi connectivity index (χ0n) is 11.0. The minimum Gasteiger partial charge on any atom is -0.389 e. The van der Waals surface area contributed by atoms with Crippen LogP contribution in [0.2, 0.25) is 0 Å². The van der Waals surface area contributed by atoms with Crippen molar-refractivity contribution >= 4 is 21.6 Å². The number of aliphatic hydroxyl groups is 1. The highest BCUT2D eigenvalue weighted by Crippen LogP contribution is 2.25. The molecule has 0 spiro atoms. The van der Waals surface area contributed by atoms with E-state index in [1.54, 1.807) is 18.7 Å². The smallest absolute Gasteiger partial charge is 0.164 e. The maximum Gasteiger partial charge on any atom is 0.164 e. The molecular formula is C11H23NO3S2. The van der Waals surface area contributed by atoms with Crippen LogP contribution in [0.1, 0.15) is 20.8 Å². The van der Waals surface area contributed by atoms with Crippen molar-refractivity contribution in [1.29, 1.82) is 0 Å². The van der Waals surface area contributed by atoms with Crippen molar-refractivity contribution in [1.82, 2.24) is 4.90 Å². The average molecular weight is 281 g/mol. The van der Waals surface area contributed by atoms with E-state index in [-0.39, 0.29) is 5.92 Å². The van der Waals surface area contributed by atoms with Gasteiger partial charge in [-0.15, -0.1) is 0 Å². The predicted octanol–water partition coefficient (Wildman–Crippen LogP) is 0.813. The molecule has 0 saturated carbocycles. The van der Waals surface area contributed by atoms with Gasteiger partial charge in [0.05, 0.1) is 5.60 Å². The van der Waals surface area contributed by atoms with Crippen LogP contribution in [0.25, 0.3) is 0 Å². The molecule has 0 aliphatic carbocycles. The molecule has 102 valence electrons. The van der Waals surface area contributed by atoms with Gasteiger partial charge in [0.15, 0.2) is 9.84 Å². The zero-order valence-corrected chi connectivity index (χ0v) is 12.6. The highest BCUT2D eigenvalue weighted by atomic mass is 32.2. The topological polar surface area (TPSA) is 57.6 Å². The third kappa shape index (κ3) is 4.12. The van der Waals surface area contributed by atoms with E-state index in [4.69, 9.17) is 0 Å².